The highest BCUT2D eigenvalue weighted by Crippen LogP contribution is 2.40. The van der Waals surface area contributed by atoms with Crippen LogP contribution in [0.25, 0.3) is 11.2 Å². The minimum absolute atomic E-state index is 0.0336. The van der Waals surface area contributed by atoms with Crippen LogP contribution in [0.1, 0.15) is 19.3 Å². The number of aliphatic hydroxyl groups is 1. The Kier molecular flexibility index (Phi) is 7.69. The third kappa shape index (κ3) is 6.41. The fourth-order valence-electron chi connectivity index (χ4n) is 2.70. The Hall–Kier alpha value is -2.27. The number of carbonyl (C=O) groups is 1. The first-order valence-electron chi connectivity index (χ1n) is 8.67. The smallest absolute Gasteiger partial charge is 0.313 e. The van der Waals surface area contributed by atoms with Gasteiger partial charge in [0.15, 0.2) is 11.2 Å². The fraction of sp³-hybridized carbons (Fsp3) is 0.600. The number of nitrogens with one attached hydrogen (secondary N) is 1. The van der Waals surface area contributed by atoms with E-state index >= 15 is 0 Å². The minimum atomic E-state index is -3.67. The van der Waals surface area contributed by atoms with E-state index in [1.807, 2.05) is 0 Å². The molecule has 0 saturated carbocycles. The number of nitrogen functional groups attached to an aromatic ring is 1. The number of aliphatic carboxylic acids is 1. The molecule has 0 amide bonds. The summed E-state index contributed by atoms with van der Waals surface area (Å²) >= 11 is 0. The van der Waals surface area contributed by atoms with E-state index in [-0.39, 0.29) is 37.4 Å². The van der Waals surface area contributed by atoms with E-state index in [0.717, 1.165) is 0 Å². The summed E-state index contributed by atoms with van der Waals surface area (Å²) in [4.78, 5) is 42.3. The maximum atomic E-state index is 11.8. The summed E-state index contributed by atoms with van der Waals surface area (Å²) in [6, 6.07) is 0. The van der Waals surface area contributed by atoms with Crippen LogP contribution in [0.15, 0.2) is 11.1 Å². The Morgan fingerprint density at radius 3 is 2.86 bits per heavy atom. The van der Waals surface area contributed by atoms with E-state index in [4.69, 9.17) is 15.6 Å². The van der Waals surface area contributed by atoms with Gasteiger partial charge in [0.25, 0.3) is 5.56 Å². The second-order valence-corrected chi connectivity index (χ2v) is 8.81. The molecule has 0 aromatic carbocycles. The number of H-pyrrole nitrogens is 1. The highest BCUT2D eigenvalue weighted by Gasteiger charge is 2.21. The molecule has 2 heterocycles. The van der Waals surface area contributed by atoms with E-state index in [9.17, 15) is 24.2 Å². The molecule has 2 unspecified atom stereocenters. The van der Waals surface area contributed by atoms with Crippen molar-refractivity contribution in [2.24, 2.45) is 0 Å². The van der Waals surface area contributed by atoms with Gasteiger partial charge in [0.2, 0.25) is 13.3 Å². The largest absolute Gasteiger partial charge is 0.481 e. The van der Waals surface area contributed by atoms with E-state index in [1.165, 1.54) is 6.33 Å². The number of fused-ring (bicyclic) bond motifs is 1. The number of ether oxygens (including phenoxy) is 1. The van der Waals surface area contributed by atoms with Crippen LogP contribution in [0.4, 0.5) is 5.95 Å². The molecular formula is C15H24N5O7P. The summed E-state index contributed by atoms with van der Waals surface area (Å²) in [6.45, 7) is 0.433. The fourth-order valence-corrected chi connectivity index (χ4v) is 3.99. The van der Waals surface area contributed by atoms with Crippen molar-refractivity contribution in [3.05, 3.63) is 16.7 Å². The van der Waals surface area contributed by atoms with Crippen LogP contribution in [0.3, 0.4) is 0 Å². The first kappa shape index (κ1) is 22.0. The third-order valence-corrected chi connectivity index (χ3v) is 5.76. The standard InChI is InChI=1S/C15H24N5O7P/c16-15-18-13-12(14(24)19-15)17-9-20(13)7-10(3-4-21)27-5-1-2-6-28(25,26)8-11(22)23/h9-10,21H,1-8H2,(H,22,23)(H,25,26)(H3,16,18,19,24). The quantitative estimate of drug-likeness (QED) is 0.224. The summed E-state index contributed by atoms with van der Waals surface area (Å²) in [6.07, 6.45) is 1.33. The summed E-state index contributed by atoms with van der Waals surface area (Å²) in [5.41, 5.74) is 5.57. The van der Waals surface area contributed by atoms with Gasteiger partial charge in [-0.1, -0.05) is 0 Å². The van der Waals surface area contributed by atoms with E-state index < -0.39 is 31.2 Å². The topological polar surface area (TPSA) is 194 Å². The van der Waals surface area contributed by atoms with Gasteiger partial charge in [0.05, 0.1) is 19.0 Å². The number of imidazole rings is 1. The normalized spacial score (nSPS) is 14.8. The van der Waals surface area contributed by atoms with Crippen molar-refractivity contribution in [1.29, 1.82) is 0 Å². The summed E-state index contributed by atoms with van der Waals surface area (Å²) in [5.74, 6) is -1.33. The highest BCUT2D eigenvalue weighted by molar-refractivity contribution is 7.58. The maximum absolute atomic E-state index is 11.8. The number of nitrogens with zero attached hydrogens (tertiary/aromatic N) is 3. The van der Waals surface area contributed by atoms with E-state index in [1.54, 1.807) is 4.57 Å². The van der Waals surface area contributed by atoms with Crippen LogP contribution < -0.4 is 11.3 Å². The molecule has 0 aliphatic rings. The predicted molar refractivity (Wildman–Crippen MR) is 100 cm³/mol. The molecule has 2 aromatic rings. The van der Waals surface area contributed by atoms with Gasteiger partial charge in [0.1, 0.15) is 6.16 Å². The molecule has 156 valence electrons. The number of hydrogen-bond acceptors (Lipinski definition) is 8. The Morgan fingerprint density at radius 1 is 1.43 bits per heavy atom. The van der Waals surface area contributed by atoms with Crippen LogP contribution in [0.5, 0.6) is 0 Å². The molecule has 0 fully saturated rings. The maximum Gasteiger partial charge on any atom is 0.313 e. The molecule has 28 heavy (non-hydrogen) atoms. The molecule has 0 bridgehead atoms. The number of rotatable bonds is 12. The first-order valence-corrected chi connectivity index (χ1v) is 10.7. The number of aromatic nitrogens is 4. The van der Waals surface area contributed by atoms with E-state index in [2.05, 4.69) is 15.0 Å². The number of aliphatic hydroxyl groups excluding tert-OH is 1. The van der Waals surface area contributed by atoms with Crippen molar-refractivity contribution < 1.29 is 29.2 Å². The Balaban J connectivity index is 1.90. The van der Waals surface area contributed by atoms with Gasteiger partial charge in [-0.25, -0.2) is 4.98 Å². The number of anilines is 1. The highest BCUT2D eigenvalue weighted by atomic mass is 31.2. The first-order chi connectivity index (χ1) is 13.2. The zero-order valence-corrected chi connectivity index (χ0v) is 16.0. The molecule has 2 aromatic heterocycles. The third-order valence-electron chi connectivity index (χ3n) is 3.98. The summed E-state index contributed by atoms with van der Waals surface area (Å²) in [5, 5.41) is 17.8. The summed E-state index contributed by atoms with van der Waals surface area (Å²) < 4.78 is 19.0. The molecule has 2 rings (SSSR count). The van der Waals surface area contributed by atoms with Crippen molar-refractivity contribution in [3.8, 4) is 0 Å². The van der Waals surface area contributed by atoms with Crippen molar-refractivity contribution in [2.75, 3.05) is 31.3 Å². The van der Waals surface area contributed by atoms with Crippen LogP contribution in [-0.2, 0) is 20.6 Å². The molecule has 0 saturated heterocycles. The van der Waals surface area contributed by atoms with Gasteiger partial charge in [-0.2, -0.15) is 4.98 Å². The molecule has 0 aliphatic heterocycles. The van der Waals surface area contributed by atoms with Crippen molar-refractivity contribution in [3.63, 3.8) is 0 Å². The number of aromatic amines is 1. The van der Waals surface area contributed by atoms with Gasteiger partial charge >= 0.3 is 5.97 Å². The second kappa shape index (κ2) is 9.78. The molecule has 2 atom stereocenters. The molecule has 6 N–H and O–H groups in total. The van der Waals surface area contributed by atoms with Crippen molar-refractivity contribution in [1.82, 2.24) is 19.5 Å². The van der Waals surface area contributed by atoms with Crippen molar-refractivity contribution >= 4 is 30.5 Å². The molecule has 0 aliphatic carbocycles. The van der Waals surface area contributed by atoms with E-state index in [0.29, 0.717) is 24.9 Å². The molecular weight excluding hydrogens is 393 g/mol. The molecule has 0 spiro atoms. The minimum Gasteiger partial charge on any atom is -0.481 e. The Morgan fingerprint density at radius 2 is 2.18 bits per heavy atom. The molecule has 0 radical (unpaired) electrons. The van der Waals surface area contributed by atoms with Crippen LogP contribution in [0.2, 0.25) is 0 Å². The van der Waals surface area contributed by atoms with Gasteiger partial charge in [0, 0.05) is 19.4 Å². The number of carboxylic acids is 1. The summed E-state index contributed by atoms with van der Waals surface area (Å²) in [7, 11) is -3.67. The zero-order chi connectivity index (χ0) is 20.7. The lowest BCUT2D eigenvalue weighted by Crippen LogP contribution is -2.22. The Bertz CT molecular complexity index is 912. The number of unbranched alkanes of at least 4 members (excludes halogenated alkanes) is 1. The average Bonchev–Trinajstić information content (AvgIpc) is 2.96. The average molecular weight is 417 g/mol. The lowest BCUT2D eigenvalue weighted by Gasteiger charge is -2.18. The van der Waals surface area contributed by atoms with Crippen LogP contribution >= 0.6 is 7.37 Å². The van der Waals surface area contributed by atoms with Gasteiger partial charge < -0.3 is 30.1 Å². The lowest BCUT2D eigenvalue weighted by molar-refractivity contribution is -0.134. The molecule has 12 nitrogen and oxygen atoms in total. The monoisotopic (exact) mass is 417 g/mol. The number of nitrogens with two attached hydrogens (primary N) is 1. The van der Waals surface area contributed by atoms with Crippen LogP contribution in [0, 0.1) is 0 Å². The second-order valence-electron chi connectivity index (χ2n) is 6.35. The number of hydrogen-bond donors (Lipinski definition) is 5. The lowest BCUT2D eigenvalue weighted by atomic mass is 10.2. The Labute approximate surface area is 159 Å². The van der Waals surface area contributed by atoms with Gasteiger partial charge in [-0.3, -0.25) is 19.1 Å². The van der Waals surface area contributed by atoms with Crippen molar-refractivity contribution in [2.45, 2.75) is 31.9 Å². The zero-order valence-electron chi connectivity index (χ0n) is 15.2. The van der Waals surface area contributed by atoms with Gasteiger partial charge in [-0.15, -0.1) is 0 Å². The predicted octanol–water partition coefficient (Wildman–Crippen LogP) is -0.395. The van der Waals surface area contributed by atoms with Gasteiger partial charge in [-0.05, 0) is 19.3 Å². The van der Waals surface area contributed by atoms with Crippen LogP contribution in [-0.4, -0.2) is 72.2 Å². The number of carboxylic acid groups (broad SMARTS) is 1. The SMILES string of the molecule is Nc1nc2c(ncn2CC(CCO)OCCCCP(=O)(O)CC(=O)O)c(=O)[nH]1. The molecule has 13 heteroatoms.